The van der Waals surface area contributed by atoms with E-state index in [4.69, 9.17) is 5.73 Å². The summed E-state index contributed by atoms with van der Waals surface area (Å²) in [6.07, 6.45) is -4.27. The normalized spacial score (nSPS) is 17.0. The Kier molecular flexibility index (Phi) is 4.39. The van der Waals surface area contributed by atoms with Gasteiger partial charge in [-0.3, -0.25) is 4.79 Å². The molecule has 3 N–H and O–H groups in total. The van der Waals surface area contributed by atoms with Gasteiger partial charge in [-0.2, -0.15) is 13.2 Å². The zero-order valence-corrected chi connectivity index (χ0v) is 10.9. The monoisotopic (exact) mass is 280 g/mol. The summed E-state index contributed by atoms with van der Waals surface area (Å²) in [7, 11) is 0. The quantitative estimate of drug-likeness (QED) is 0.890. The molecule has 1 heterocycles. The molecule has 1 aromatic heterocycles. The predicted octanol–water partition coefficient (Wildman–Crippen LogP) is 2.60. The fourth-order valence-electron chi connectivity index (χ4n) is 1.30. The summed E-state index contributed by atoms with van der Waals surface area (Å²) in [5.41, 5.74) is 2.18. The van der Waals surface area contributed by atoms with Gasteiger partial charge in [0, 0.05) is 4.88 Å². The fraction of sp³-hybridized carbons (Fsp3) is 0.545. The number of alkyl halides is 3. The molecule has 0 aromatic carbocycles. The number of hydrogen-bond donors (Lipinski definition) is 2. The molecule has 0 saturated heterocycles. The van der Waals surface area contributed by atoms with Crippen molar-refractivity contribution in [3.63, 3.8) is 0 Å². The molecule has 0 aliphatic rings. The first kappa shape index (κ1) is 15.0. The van der Waals surface area contributed by atoms with Crippen LogP contribution >= 0.6 is 11.3 Å². The lowest BCUT2D eigenvalue weighted by molar-refractivity contribution is -0.187. The first-order valence-electron chi connectivity index (χ1n) is 5.40. The van der Waals surface area contributed by atoms with Crippen LogP contribution in [0.5, 0.6) is 0 Å². The molecule has 0 aliphatic heterocycles. The largest absolute Gasteiger partial charge is 0.415 e. The zero-order chi connectivity index (χ0) is 14.0. The van der Waals surface area contributed by atoms with Crippen molar-refractivity contribution in [2.75, 3.05) is 0 Å². The molecule has 0 radical (unpaired) electrons. The van der Waals surface area contributed by atoms with E-state index in [0.29, 0.717) is 13.3 Å². The number of carbonyl (C=O) groups excluding carboxylic acids is 1. The SMILES string of the molecule is CCC(NC(=O)C(C)(N)C(F)(F)F)c1cccs1. The third kappa shape index (κ3) is 3.02. The van der Waals surface area contributed by atoms with Crippen LogP contribution in [-0.2, 0) is 4.79 Å². The molecule has 0 bridgehead atoms. The summed E-state index contributed by atoms with van der Waals surface area (Å²) in [5.74, 6) is -1.21. The Balaban J connectivity index is 2.81. The summed E-state index contributed by atoms with van der Waals surface area (Å²) < 4.78 is 37.8. The van der Waals surface area contributed by atoms with Gasteiger partial charge in [-0.25, -0.2) is 0 Å². The van der Waals surface area contributed by atoms with Crippen molar-refractivity contribution in [1.29, 1.82) is 0 Å². The maximum Gasteiger partial charge on any atom is 0.415 e. The fourth-order valence-corrected chi connectivity index (χ4v) is 2.16. The van der Waals surface area contributed by atoms with E-state index in [-0.39, 0.29) is 0 Å². The maximum absolute atomic E-state index is 12.6. The molecule has 2 unspecified atom stereocenters. The number of nitrogens with two attached hydrogens (primary N) is 1. The van der Waals surface area contributed by atoms with Gasteiger partial charge in [-0.15, -0.1) is 11.3 Å². The van der Waals surface area contributed by atoms with Crippen LogP contribution in [0.3, 0.4) is 0 Å². The molecule has 1 aromatic rings. The highest BCUT2D eigenvalue weighted by molar-refractivity contribution is 7.10. The lowest BCUT2D eigenvalue weighted by Crippen LogP contribution is -2.61. The molecule has 0 fully saturated rings. The van der Waals surface area contributed by atoms with E-state index >= 15 is 0 Å². The van der Waals surface area contributed by atoms with Crippen molar-refractivity contribution in [1.82, 2.24) is 5.32 Å². The van der Waals surface area contributed by atoms with E-state index in [1.165, 1.54) is 11.3 Å². The van der Waals surface area contributed by atoms with E-state index in [2.05, 4.69) is 5.32 Å². The van der Waals surface area contributed by atoms with Crippen molar-refractivity contribution in [3.05, 3.63) is 22.4 Å². The average Bonchev–Trinajstić information content (AvgIpc) is 2.76. The van der Waals surface area contributed by atoms with Crippen molar-refractivity contribution in [3.8, 4) is 0 Å². The molecule has 3 nitrogen and oxygen atoms in total. The van der Waals surface area contributed by atoms with Gasteiger partial charge in [0.2, 0.25) is 5.91 Å². The van der Waals surface area contributed by atoms with Crippen molar-refractivity contribution < 1.29 is 18.0 Å². The average molecular weight is 280 g/mol. The first-order valence-corrected chi connectivity index (χ1v) is 6.28. The Morgan fingerprint density at radius 1 is 1.56 bits per heavy atom. The molecular weight excluding hydrogens is 265 g/mol. The topological polar surface area (TPSA) is 55.1 Å². The standard InChI is InChI=1S/C11H15F3N2OS/c1-3-7(8-5-4-6-18-8)16-9(17)10(2,15)11(12,13)14/h4-7H,3,15H2,1-2H3,(H,16,17). The van der Waals surface area contributed by atoms with Crippen LogP contribution in [0, 0.1) is 0 Å². The number of amides is 1. The van der Waals surface area contributed by atoms with Crippen LogP contribution < -0.4 is 11.1 Å². The number of hydrogen-bond acceptors (Lipinski definition) is 3. The summed E-state index contributed by atoms with van der Waals surface area (Å²) in [4.78, 5) is 12.4. The van der Waals surface area contributed by atoms with E-state index in [0.717, 1.165) is 4.88 Å². The Bertz CT molecular complexity index is 401. The maximum atomic E-state index is 12.6. The molecular formula is C11H15F3N2OS. The Morgan fingerprint density at radius 2 is 2.17 bits per heavy atom. The third-order valence-electron chi connectivity index (χ3n) is 2.66. The highest BCUT2D eigenvalue weighted by Crippen LogP contribution is 2.29. The Morgan fingerprint density at radius 3 is 2.56 bits per heavy atom. The van der Waals surface area contributed by atoms with Crippen LogP contribution in [0.4, 0.5) is 13.2 Å². The lowest BCUT2D eigenvalue weighted by Gasteiger charge is -2.28. The highest BCUT2D eigenvalue weighted by atomic mass is 32.1. The van der Waals surface area contributed by atoms with Gasteiger partial charge in [0.1, 0.15) is 0 Å². The smallest absolute Gasteiger partial charge is 0.347 e. The second-order valence-corrected chi connectivity index (χ2v) is 5.13. The minimum atomic E-state index is -4.77. The van der Waals surface area contributed by atoms with Crippen molar-refractivity contribution >= 4 is 17.2 Å². The molecule has 0 aliphatic carbocycles. The lowest BCUT2D eigenvalue weighted by atomic mass is 10.0. The van der Waals surface area contributed by atoms with Crippen LogP contribution in [0.25, 0.3) is 0 Å². The first-order chi connectivity index (χ1) is 8.20. The van der Waals surface area contributed by atoms with Crippen LogP contribution in [-0.4, -0.2) is 17.6 Å². The zero-order valence-electron chi connectivity index (χ0n) is 10.0. The van der Waals surface area contributed by atoms with Gasteiger partial charge >= 0.3 is 6.18 Å². The number of carbonyl (C=O) groups is 1. The third-order valence-corrected chi connectivity index (χ3v) is 3.65. The summed E-state index contributed by atoms with van der Waals surface area (Å²) >= 11 is 1.38. The molecule has 0 saturated carbocycles. The molecule has 18 heavy (non-hydrogen) atoms. The molecule has 1 rings (SSSR count). The summed E-state index contributed by atoms with van der Waals surface area (Å²) in [5, 5.41) is 4.14. The van der Waals surface area contributed by atoms with Crippen LogP contribution in [0.1, 0.15) is 31.2 Å². The Labute approximate surface area is 107 Å². The molecule has 0 spiro atoms. The van der Waals surface area contributed by atoms with Gasteiger partial charge in [0.15, 0.2) is 5.54 Å². The number of thiophene rings is 1. The number of halogens is 3. The van der Waals surface area contributed by atoms with Crippen LogP contribution in [0.2, 0.25) is 0 Å². The van der Waals surface area contributed by atoms with Crippen LogP contribution in [0.15, 0.2) is 17.5 Å². The molecule has 1 amide bonds. The van der Waals surface area contributed by atoms with E-state index < -0.39 is 23.7 Å². The molecule has 102 valence electrons. The van der Waals surface area contributed by atoms with Crippen molar-refractivity contribution in [2.45, 2.75) is 38.0 Å². The highest BCUT2D eigenvalue weighted by Gasteiger charge is 2.54. The molecule has 2 atom stereocenters. The minimum absolute atomic E-state index is 0.442. The van der Waals surface area contributed by atoms with Gasteiger partial charge in [-0.05, 0) is 24.8 Å². The van der Waals surface area contributed by atoms with Gasteiger partial charge < -0.3 is 11.1 Å². The summed E-state index contributed by atoms with van der Waals surface area (Å²) in [6, 6.07) is 3.10. The number of nitrogens with one attached hydrogen (secondary N) is 1. The second-order valence-electron chi connectivity index (χ2n) is 4.15. The van der Waals surface area contributed by atoms with Crippen molar-refractivity contribution in [2.24, 2.45) is 5.73 Å². The summed E-state index contributed by atoms with van der Waals surface area (Å²) in [6.45, 7) is 2.45. The predicted molar refractivity (Wildman–Crippen MR) is 64.1 cm³/mol. The molecule has 7 heteroatoms. The van der Waals surface area contributed by atoms with Gasteiger partial charge in [0.05, 0.1) is 6.04 Å². The minimum Gasteiger partial charge on any atom is -0.347 e. The van der Waals surface area contributed by atoms with Gasteiger partial charge in [-0.1, -0.05) is 13.0 Å². The van der Waals surface area contributed by atoms with E-state index in [1.807, 2.05) is 0 Å². The second kappa shape index (κ2) is 5.27. The Hall–Kier alpha value is -1.08. The van der Waals surface area contributed by atoms with E-state index in [9.17, 15) is 18.0 Å². The van der Waals surface area contributed by atoms with E-state index in [1.54, 1.807) is 24.4 Å². The number of rotatable bonds is 4. The van der Waals surface area contributed by atoms with Gasteiger partial charge in [0.25, 0.3) is 0 Å².